The number of aromatic nitrogens is 3. The van der Waals surface area contributed by atoms with Gasteiger partial charge in [-0.25, -0.2) is 15.0 Å². The summed E-state index contributed by atoms with van der Waals surface area (Å²) in [6.45, 7) is 3.44. The van der Waals surface area contributed by atoms with E-state index in [4.69, 9.17) is 4.74 Å². The molecule has 2 aromatic carbocycles. The quantitative estimate of drug-likeness (QED) is 0.462. The number of rotatable bonds is 4. The summed E-state index contributed by atoms with van der Waals surface area (Å²) in [5.74, 6) is 0.645. The van der Waals surface area contributed by atoms with Crippen LogP contribution in [0.15, 0.2) is 67.1 Å². The van der Waals surface area contributed by atoms with Gasteiger partial charge in [-0.05, 0) is 55.9 Å². The van der Waals surface area contributed by atoms with Crippen LogP contribution in [0.3, 0.4) is 0 Å². The molecule has 4 aromatic rings. The first kappa shape index (κ1) is 22.0. The smallest absolute Gasteiger partial charge is 0.253 e. The minimum Gasteiger partial charge on any atom is -0.481 e. The Labute approximate surface area is 199 Å². The first-order chi connectivity index (χ1) is 16.6. The van der Waals surface area contributed by atoms with E-state index < -0.39 is 0 Å². The van der Waals surface area contributed by atoms with Crippen molar-refractivity contribution in [2.75, 3.05) is 40.3 Å². The number of amides is 1. The maximum atomic E-state index is 13.3. The van der Waals surface area contributed by atoms with E-state index in [9.17, 15) is 4.79 Å². The third-order valence-corrected chi connectivity index (χ3v) is 6.30. The van der Waals surface area contributed by atoms with Gasteiger partial charge in [-0.15, -0.1) is 0 Å². The number of nitrogens with zero attached hydrogens (tertiary/aromatic N) is 5. The van der Waals surface area contributed by atoms with Gasteiger partial charge in [-0.3, -0.25) is 4.79 Å². The summed E-state index contributed by atoms with van der Waals surface area (Å²) < 4.78 is 5.17. The topological polar surface area (TPSA) is 71.5 Å². The van der Waals surface area contributed by atoms with Crippen LogP contribution in [0.1, 0.15) is 16.8 Å². The van der Waals surface area contributed by atoms with Crippen molar-refractivity contribution in [1.29, 1.82) is 0 Å². The van der Waals surface area contributed by atoms with Crippen LogP contribution >= 0.6 is 0 Å². The molecule has 1 fully saturated rings. The number of pyridine rings is 1. The molecule has 3 heterocycles. The van der Waals surface area contributed by atoms with E-state index in [1.807, 2.05) is 53.4 Å². The van der Waals surface area contributed by atoms with Gasteiger partial charge in [0.15, 0.2) is 0 Å². The monoisotopic (exact) mass is 453 g/mol. The highest BCUT2D eigenvalue weighted by Crippen LogP contribution is 2.30. The zero-order valence-electron chi connectivity index (χ0n) is 19.4. The van der Waals surface area contributed by atoms with Crippen molar-refractivity contribution in [1.82, 2.24) is 24.8 Å². The van der Waals surface area contributed by atoms with E-state index in [0.29, 0.717) is 11.4 Å². The molecule has 172 valence electrons. The summed E-state index contributed by atoms with van der Waals surface area (Å²) in [6, 6.07) is 17.7. The molecule has 0 bridgehead atoms. The molecular formula is C27H27N5O2. The fourth-order valence-electron chi connectivity index (χ4n) is 4.37. The Morgan fingerprint density at radius 2 is 1.76 bits per heavy atom. The zero-order chi connectivity index (χ0) is 23.5. The van der Waals surface area contributed by atoms with E-state index in [-0.39, 0.29) is 5.91 Å². The Bertz CT molecular complexity index is 1320. The van der Waals surface area contributed by atoms with Gasteiger partial charge < -0.3 is 14.5 Å². The SMILES string of the molecule is COc1ccc(-c2ccc3ncnc(-c4cccc(C(=O)N5CCCN(C)CC5)c4)c3c2)cn1. The number of hydrogen-bond donors (Lipinski definition) is 0. The van der Waals surface area contributed by atoms with Crippen molar-refractivity contribution < 1.29 is 9.53 Å². The normalized spacial score (nSPS) is 14.7. The second kappa shape index (κ2) is 9.57. The van der Waals surface area contributed by atoms with Crippen molar-refractivity contribution in [2.45, 2.75) is 6.42 Å². The Hall–Kier alpha value is -3.84. The van der Waals surface area contributed by atoms with E-state index in [0.717, 1.165) is 65.9 Å². The Kier molecular flexibility index (Phi) is 6.18. The number of carbonyl (C=O) groups excluding carboxylic acids is 1. The molecule has 0 radical (unpaired) electrons. The summed E-state index contributed by atoms with van der Waals surface area (Å²) in [5, 5.41) is 0.928. The Balaban J connectivity index is 1.50. The molecular weight excluding hydrogens is 426 g/mol. The Morgan fingerprint density at radius 1 is 0.882 bits per heavy atom. The number of hydrogen-bond acceptors (Lipinski definition) is 6. The van der Waals surface area contributed by atoms with Crippen LogP contribution in [0.4, 0.5) is 0 Å². The van der Waals surface area contributed by atoms with Crippen molar-refractivity contribution in [3.05, 3.63) is 72.7 Å². The third kappa shape index (κ3) is 4.47. The molecule has 0 N–H and O–H groups in total. The van der Waals surface area contributed by atoms with Crippen molar-refractivity contribution in [3.8, 4) is 28.3 Å². The second-order valence-corrected chi connectivity index (χ2v) is 8.57. The first-order valence-electron chi connectivity index (χ1n) is 11.5. The number of benzene rings is 2. The summed E-state index contributed by atoms with van der Waals surface area (Å²) in [4.78, 5) is 30.9. The van der Waals surface area contributed by atoms with Crippen LogP contribution in [-0.4, -0.2) is 71.0 Å². The van der Waals surface area contributed by atoms with Crippen LogP contribution in [0.2, 0.25) is 0 Å². The van der Waals surface area contributed by atoms with Crippen molar-refractivity contribution >= 4 is 16.8 Å². The number of ether oxygens (including phenoxy) is 1. The summed E-state index contributed by atoms with van der Waals surface area (Å²) in [6.07, 6.45) is 4.36. The maximum absolute atomic E-state index is 13.3. The Morgan fingerprint density at radius 3 is 2.59 bits per heavy atom. The second-order valence-electron chi connectivity index (χ2n) is 8.57. The van der Waals surface area contributed by atoms with Crippen LogP contribution in [0, 0.1) is 0 Å². The molecule has 34 heavy (non-hydrogen) atoms. The van der Waals surface area contributed by atoms with E-state index in [2.05, 4.69) is 33.0 Å². The number of methoxy groups -OCH3 is 1. The van der Waals surface area contributed by atoms with E-state index in [1.54, 1.807) is 19.6 Å². The lowest BCUT2D eigenvalue weighted by Gasteiger charge is -2.21. The summed E-state index contributed by atoms with van der Waals surface area (Å²) in [5.41, 5.74) is 5.23. The molecule has 1 aliphatic heterocycles. The molecule has 5 rings (SSSR count). The van der Waals surface area contributed by atoms with Gasteiger partial charge in [-0.1, -0.05) is 18.2 Å². The molecule has 1 amide bonds. The van der Waals surface area contributed by atoms with Gasteiger partial charge in [0.2, 0.25) is 5.88 Å². The number of likely N-dealkylation sites (N-methyl/N-ethyl adjacent to an activating group) is 1. The minimum atomic E-state index is 0.0699. The van der Waals surface area contributed by atoms with Gasteiger partial charge in [0.25, 0.3) is 5.91 Å². The lowest BCUT2D eigenvalue weighted by atomic mass is 10.00. The van der Waals surface area contributed by atoms with Crippen LogP contribution < -0.4 is 4.74 Å². The zero-order valence-corrected chi connectivity index (χ0v) is 19.4. The molecule has 1 aliphatic rings. The lowest BCUT2D eigenvalue weighted by Crippen LogP contribution is -2.34. The highest BCUT2D eigenvalue weighted by atomic mass is 16.5. The first-order valence-corrected chi connectivity index (χ1v) is 11.5. The van der Waals surface area contributed by atoms with Crippen molar-refractivity contribution in [2.24, 2.45) is 0 Å². The van der Waals surface area contributed by atoms with Gasteiger partial charge in [-0.2, -0.15) is 0 Å². The maximum Gasteiger partial charge on any atom is 0.253 e. The number of carbonyl (C=O) groups is 1. The molecule has 0 saturated carbocycles. The minimum absolute atomic E-state index is 0.0699. The van der Waals surface area contributed by atoms with Crippen LogP contribution in [0.25, 0.3) is 33.3 Å². The molecule has 0 aliphatic carbocycles. The third-order valence-electron chi connectivity index (χ3n) is 6.30. The van der Waals surface area contributed by atoms with Gasteiger partial charge in [0.05, 0.1) is 18.3 Å². The molecule has 2 aromatic heterocycles. The highest BCUT2D eigenvalue weighted by molar-refractivity contribution is 5.98. The van der Waals surface area contributed by atoms with E-state index >= 15 is 0 Å². The summed E-state index contributed by atoms with van der Waals surface area (Å²) >= 11 is 0. The summed E-state index contributed by atoms with van der Waals surface area (Å²) in [7, 11) is 3.71. The molecule has 1 saturated heterocycles. The highest BCUT2D eigenvalue weighted by Gasteiger charge is 2.20. The fraction of sp³-hybridized carbons (Fsp3) is 0.259. The standard InChI is InChI=1S/C27H27N5O2/c1-31-11-4-12-32(14-13-31)27(33)21-6-3-5-20(15-21)26-23-16-19(7-9-24(23)29-18-30-26)22-8-10-25(34-2)28-17-22/h3,5-10,15-18H,4,11-14H2,1-2H3. The van der Waals surface area contributed by atoms with Crippen molar-refractivity contribution in [3.63, 3.8) is 0 Å². The molecule has 7 nitrogen and oxygen atoms in total. The van der Waals surface area contributed by atoms with Gasteiger partial charge in [0, 0.05) is 54.0 Å². The lowest BCUT2D eigenvalue weighted by molar-refractivity contribution is 0.0763. The van der Waals surface area contributed by atoms with Crippen LogP contribution in [-0.2, 0) is 0 Å². The average Bonchev–Trinajstić information content (AvgIpc) is 3.12. The molecule has 0 spiro atoms. The average molecular weight is 454 g/mol. The largest absolute Gasteiger partial charge is 0.481 e. The molecule has 0 unspecified atom stereocenters. The fourth-order valence-corrected chi connectivity index (χ4v) is 4.37. The molecule has 7 heteroatoms. The predicted octanol–water partition coefficient (Wildman–Crippen LogP) is 4.15. The predicted molar refractivity (Wildman–Crippen MR) is 133 cm³/mol. The van der Waals surface area contributed by atoms with Gasteiger partial charge in [0.1, 0.15) is 6.33 Å². The van der Waals surface area contributed by atoms with E-state index in [1.165, 1.54) is 0 Å². The number of fused-ring (bicyclic) bond motifs is 1. The van der Waals surface area contributed by atoms with Crippen LogP contribution in [0.5, 0.6) is 5.88 Å². The molecule has 0 atom stereocenters. The van der Waals surface area contributed by atoms with Gasteiger partial charge >= 0.3 is 0 Å².